The topological polar surface area (TPSA) is 0 Å². The maximum atomic E-state index is 3.44. The molecule has 0 saturated carbocycles. The van der Waals surface area contributed by atoms with Gasteiger partial charge in [0.2, 0.25) is 0 Å². The van der Waals surface area contributed by atoms with E-state index < -0.39 is 0 Å². The molecule has 0 heterocycles. The van der Waals surface area contributed by atoms with E-state index in [4.69, 9.17) is 0 Å². The monoisotopic (exact) mass is 443 g/mol. The summed E-state index contributed by atoms with van der Waals surface area (Å²) in [4.78, 5) is 0. The Kier molecular flexibility index (Phi) is 15.7. The summed E-state index contributed by atoms with van der Waals surface area (Å²) in [6.07, 6.45) is 3.44. The van der Waals surface area contributed by atoms with E-state index in [1.807, 2.05) is 0 Å². The van der Waals surface area contributed by atoms with Crippen molar-refractivity contribution < 1.29 is 26.2 Å². The van der Waals surface area contributed by atoms with Gasteiger partial charge in [0.15, 0.2) is 0 Å². The maximum Gasteiger partial charge on any atom is 0 e. The molecule has 0 spiro atoms. The van der Waals surface area contributed by atoms with Crippen LogP contribution in [0, 0.1) is 11.5 Å². The van der Waals surface area contributed by atoms with Crippen molar-refractivity contribution in [1.29, 1.82) is 0 Å². The molecule has 132 valence electrons. The van der Waals surface area contributed by atoms with Crippen LogP contribution < -0.4 is 0 Å². The minimum atomic E-state index is 0. The fraction of sp³-hybridized carbons (Fsp3) is 0.778. The van der Waals surface area contributed by atoms with Gasteiger partial charge in [-0.2, -0.15) is 11.1 Å². The van der Waals surface area contributed by atoms with Crippen LogP contribution in [0.15, 0.2) is 16.7 Å². The first-order valence-corrected chi connectivity index (χ1v) is 8.25. The Hall–Kier alpha value is 1.37. The molecule has 0 aliphatic heterocycles. The number of hydrogen-bond acceptors (Lipinski definition) is 0. The molecule has 1 aliphatic rings. The van der Waals surface area contributed by atoms with Crippen molar-refractivity contribution in [2.45, 2.75) is 86.5 Å². The Bertz CT molecular complexity index is 371. The molecule has 0 aromatic rings. The minimum absolute atomic E-state index is 0. The van der Waals surface area contributed by atoms with Gasteiger partial charge in [0.1, 0.15) is 0 Å². The zero-order valence-electron chi connectivity index (χ0n) is 16.3. The van der Waals surface area contributed by atoms with Gasteiger partial charge in [0, 0.05) is 26.2 Å². The summed E-state index contributed by atoms with van der Waals surface area (Å²) in [5, 5.41) is 1.02. The molecule has 0 fully saturated rings. The predicted molar refractivity (Wildman–Crippen MR) is 107 cm³/mol. The first kappa shape index (κ1) is 31.2. The van der Waals surface area contributed by atoms with Crippen LogP contribution in [-0.4, -0.2) is 10.3 Å². The van der Waals surface area contributed by atoms with Crippen LogP contribution in [0.25, 0.3) is 0 Å². The number of allylic oxidation sites excluding steroid dienone is 4. The van der Waals surface area contributed by atoms with Crippen molar-refractivity contribution in [1.82, 2.24) is 0 Å². The van der Waals surface area contributed by atoms with Crippen molar-refractivity contribution >= 4 is 33.4 Å². The van der Waals surface area contributed by atoms with E-state index in [1.165, 1.54) is 16.7 Å². The molecule has 0 N–H and O–H groups in total. The van der Waals surface area contributed by atoms with E-state index in [9.17, 15) is 0 Å². The molecule has 0 bridgehead atoms. The third-order valence-electron chi connectivity index (χ3n) is 3.31. The average molecular weight is 446 g/mol. The zero-order valence-corrected chi connectivity index (χ0v) is 21.4. The third-order valence-corrected chi connectivity index (χ3v) is 4.81. The largest absolute Gasteiger partial charge is 0.263 e. The van der Waals surface area contributed by atoms with Gasteiger partial charge in [-0.1, -0.05) is 74.7 Å². The van der Waals surface area contributed by atoms with Crippen LogP contribution in [0.1, 0.15) is 76.2 Å². The molecule has 22 heavy (non-hydrogen) atoms. The molecule has 0 aromatic carbocycles. The SMILES string of the molecule is CC(C)(C)PC(C)(C)C.CC1=[C-]C(C)(C)C(C)=C1C.Cl.Cl.[Zr]. The first-order chi connectivity index (χ1) is 8.16. The van der Waals surface area contributed by atoms with Crippen molar-refractivity contribution in [3.05, 3.63) is 22.8 Å². The standard InChI is InChI=1S/C10H15.C8H19P.2ClH.Zr/c1-7-6-10(4,5)9(3)8(7)2;1-7(2,3)9-8(4,5)6;;;/h1-5H3;9H,1-6H3;2*1H;/q-1;;;;. The van der Waals surface area contributed by atoms with Gasteiger partial charge in [-0.15, -0.1) is 40.3 Å². The predicted octanol–water partition coefficient (Wildman–Crippen LogP) is 7.22. The van der Waals surface area contributed by atoms with Crippen LogP contribution in [0.5, 0.6) is 0 Å². The smallest absolute Gasteiger partial charge is 0 e. The summed E-state index contributed by atoms with van der Waals surface area (Å²) in [5.41, 5.74) is 4.39. The number of rotatable bonds is 0. The Labute approximate surface area is 173 Å². The van der Waals surface area contributed by atoms with E-state index in [2.05, 4.69) is 82.2 Å². The van der Waals surface area contributed by atoms with Crippen LogP contribution >= 0.6 is 33.4 Å². The van der Waals surface area contributed by atoms with E-state index in [-0.39, 0.29) is 56.4 Å². The fourth-order valence-electron chi connectivity index (χ4n) is 2.53. The molecule has 0 unspecified atom stereocenters. The van der Waals surface area contributed by atoms with Gasteiger partial charge in [-0.3, -0.25) is 6.08 Å². The van der Waals surface area contributed by atoms with E-state index >= 15 is 0 Å². The molecular weight excluding hydrogens is 409 g/mol. The van der Waals surface area contributed by atoms with E-state index in [1.54, 1.807) is 0 Å². The van der Waals surface area contributed by atoms with Crippen LogP contribution in [0.4, 0.5) is 0 Å². The van der Waals surface area contributed by atoms with Crippen molar-refractivity contribution in [3.8, 4) is 0 Å². The van der Waals surface area contributed by atoms with Gasteiger partial charge in [-0.05, 0) is 10.3 Å². The molecule has 1 aliphatic carbocycles. The quantitative estimate of drug-likeness (QED) is 0.273. The van der Waals surface area contributed by atoms with Gasteiger partial charge in [0.25, 0.3) is 0 Å². The van der Waals surface area contributed by atoms with Crippen molar-refractivity contribution in [2.24, 2.45) is 5.41 Å². The zero-order chi connectivity index (χ0) is 15.6. The second kappa shape index (κ2) is 11.1. The van der Waals surface area contributed by atoms with Gasteiger partial charge in [-0.25, -0.2) is 5.57 Å². The molecule has 4 heteroatoms. The normalized spacial score (nSPS) is 16.4. The van der Waals surface area contributed by atoms with Crippen LogP contribution in [-0.2, 0) is 26.2 Å². The van der Waals surface area contributed by atoms with Gasteiger partial charge < -0.3 is 0 Å². The molecule has 1 rings (SSSR count). The summed E-state index contributed by atoms with van der Waals surface area (Å²) < 4.78 is 0. The Morgan fingerprint density at radius 1 is 0.818 bits per heavy atom. The molecule has 0 amide bonds. The second-order valence-corrected chi connectivity index (χ2v) is 11.5. The summed E-state index contributed by atoms with van der Waals surface area (Å²) in [7, 11) is 1.05. The summed E-state index contributed by atoms with van der Waals surface area (Å²) in [5.74, 6) is 0. The Balaban J connectivity index is -0.000000130. The maximum absolute atomic E-state index is 3.44. The van der Waals surface area contributed by atoms with Crippen LogP contribution in [0.3, 0.4) is 0 Å². The van der Waals surface area contributed by atoms with E-state index in [0.29, 0.717) is 10.3 Å². The van der Waals surface area contributed by atoms with Crippen LogP contribution in [0.2, 0.25) is 0 Å². The van der Waals surface area contributed by atoms with Crippen molar-refractivity contribution in [3.63, 3.8) is 0 Å². The van der Waals surface area contributed by atoms with Gasteiger partial charge in [0.05, 0.1) is 0 Å². The Morgan fingerprint density at radius 3 is 1.18 bits per heavy atom. The Morgan fingerprint density at radius 2 is 1.14 bits per heavy atom. The second-order valence-electron chi connectivity index (χ2n) is 8.25. The van der Waals surface area contributed by atoms with Crippen molar-refractivity contribution in [2.75, 3.05) is 0 Å². The number of halogens is 2. The molecule has 0 radical (unpaired) electrons. The summed E-state index contributed by atoms with van der Waals surface area (Å²) in [6, 6.07) is 0. The number of hydrogen-bond donors (Lipinski definition) is 0. The molecular formula is C18H36Cl2PZr-. The molecule has 0 saturated heterocycles. The summed E-state index contributed by atoms with van der Waals surface area (Å²) >= 11 is 0. The van der Waals surface area contributed by atoms with E-state index in [0.717, 1.165) is 8.58 Å². The third kappa shape index (κ3) is 12.8. The van der Waals surface area contributed by atoms with Gasteiger partial charge >= 0.3 is 0 Å². The molecule has 0 nitrogen and oxygen atoms in total. The fourth-order valence-corrected chi connectivity index (χ4v) is 4.78. The average Bonchev–Trinajstić information content (AvgIpc) is 2.24. The first-order valence-electron chi connectivity index (χ1n) is 7.25. The molecule has 0 atom stereocenters. The minimum Gasteiger partial charge on any atom is -0.263 e. The molecule has 0 aromatic heterocycles. The summed E-state index contributed by atoms with van der Waals surface area (Å²) in [6.45, 7) is 24.7.